The van der Waals surface area contributed by atoms with Gasteiger partial charge in [0.25, 0.3) is 0 Å². The number of fused-ring (bicyclic) bond motifs is 1. The lowest BCUT2D eigenvalue weighted by Gasteiger charge is -2.32. The summed E-state index contributed by atoms with van der Waals surface area (Å²) in [5, 5.41) is 0. The molecule has 0 unspecified atom stereocenters. The highest BCUT2D eigenvalue weighted by atomic mass is 32.2. The Hall–Kier alpha value is -1.30. The molecule has 162 valence electrons. The normalized spacial score (nSPS) is 27.5. The van der Waals surface area contributed by atoms with Crippen LogP contribution < -0.4 is 0 Å². The number of ether oxygens (including phenoxy) is 1. The maximum absolute atomic E-state index is 13.2. The van der Waals surface area contributed by atoms with E-state index in [1.165, 1.54) is 18.2 Å². The zero-order valence-corrected chi connectivity index (χ0v) is 17.3. The molecule has 0 aromatic carbocycles. The first-order valence-electron chi connectivity index (χ1n) is 9.81. The maximum Gasteiger partial charge on any atom is 0.451 e. The molecule has 3 saturated heterocycles. The predicted molar refractivity (Wildman–Crippen MR) is 97.7 cm³/mol. The van der Waals surface area contributed by atoms with E-state index < -0.39 is 22.0 Å². The van der Waals surface area contributed by atoms with Crippen LogP contribution in [0.3, 0.4) is 0 Å². The number of alkyl halides is 3. The van der Waals surface area contributed by atoms with Crippen LogP contribution in [0.2, 0.25) is 0 Å². The molecule has 7 nitrogen and oxygen atoms in total. The molecule has 29 heavy (non-hydrogen) atoms. The highest BCUT2D eigenvalue weighted by molar-refractivity contribution is 7.89. The van der Waals surface area contributed by atoms with Gasteiger partial charge < -0.3 is 4.74 Å². The average Bonchev–Trinajstić information content (AvgIpc) is 3.20. The van der Waals surface area contributed by atoms with E-state index in [4.69, 9.17) is 4.74 Å². The van der Waals surface area contributed by atoms with Crippen LogP contribution in [0.1, 0.15) is 30.1 Å². The Morgan fingerprint density at radius 2 is 1.48 bits per heavy atom. The largest absolute Gasteiger partial charge is 0.451 e. The number of hydrogen-bond acceptors (Lipinski definition) is 6. The van der Waals surface area contributed by atoms with Crippen molar-refractivity contribution in [2.45, 2.75) is 43.8 Å². The lowest BCUT2D eigenvalue weighted by atomic mass is 10.0. The van der Waals surface area contributed by atoms with E-state index >= 15 is 0 Å². The van der Waals surface area contributed by atoms with Crippen LogP contribution in [0.5, 0.6) is 0 Å². The Balaban J connectivity index is 1.51. The van der Waals surface area contributed by atoms with Gasteiger partial charge in [-0.15, -0.1) is 0 Å². The summed E-state index contributed by atoms with van der Waals surface area (Å²) in [5.41, 5.74) is -0.323. The first-order valence-corrected chi connectivity index (χ1v) is 11.3. The molecule has 1 aromatic heterocycles. The van der Waals surface area contributed by atoms with E-state index in [9.17, 15) is 21.6 Å². The molecule has 1 aromatic rings. The van der Waals surface area contributed by atoms with Gasteiger partial charge in [-0.25, -0.2) is 18.4 Å². The van der Waals surface area contributed by atoms with Gasteiger partial charge in [-0.1, -0.05) is 0 Å². The predicted octanol–water partition coefficient (Wildman–Crippen LogP) is 1.84. The van der Waals surface area contributed by atoms with Crippen molar-refractivity contribution in [3.8, 4) is 0 Å². The molecule has 3 aliphatic heterocycles. The molecule has 0 bridgehead atoms. The third kappa shape index (κ3) is 3.89. The molecule has 0 aliphatic carbocycles. The molecule has 0 radical (unpaired) electrons. The first-order chi connectivity index (χ1) is 13.6. The Bertz CT molecular complexity index is 850. The molecule has 0 saturated carbocycles. The van der Waals surface area contributed by atoms with Crippen molar-refractivity contribution in [2.24, 2.45) is 11.8 Å². The fourth-order valence-electron chi connectivity index (χ4n) is 4.87. The van der Waals surface area contributed by atoms with E-state index in [2.05, 4.69) is 14.9 Å². The fourth-order valence-corrected chi connectivity index (χ4v) is 6.74. The van der Waals surface area contributed by atoms with Gasteiger partial charge in [0.2, 0.25) is 15.8 Å². The number of likely N-dealkylation sites (tertiary alicyclic amines) is 1. The van der Waals surface area contributed by atoms with Crippen molar-refractivity contribution >= 4 is 10.0 Å². The molecule has 4 heterocycles. The summed E-state index contributed by atoms with van der Waals surface area (Å²) in [7, 11) is -3.94. The Morgan fingerprint density at radius 3 is 1.97 bits per heavy atom. The van der Waals surface area contributed by atoms with E-state index in [0.717, 1.165) is 39.1 Å². The smallest absolute Gasteiger partial charge is 0.381 e. The summed E-state index contributed by atoms with van der Waals surface area (Å²) in [4.78, 5) is 9.09. The number of aryl methyl sites for hydroxylation is 2. The van der Waals surface area contributed by atoms with Gasteiger partial charge in [-0.05, 0) is 38.5 Å². The SMILES string of the molecule is Cc1nc(C(F)(F)F)nc(C)c1S(=O)(=O)N1C[C@@H]2CN(C3CCOCC3)C[C@H]2C1. The zero-order valence-electron chi connectivity index (χ0n) is 16.4. The highest BCUT2D eigenvalue weighted by Crippen LogP contribution is 2.37. The van der Waals surface area contributed by atoms with Crippen molar-refractivity contribution in [2.75, 3.05) is 39.4 Å². The topological polar surface area (TPSA) is 75.6 Å². The summed E-state index contributed by atoms with van der Waals surface area (Å²) in [6.45, 7) is 6.58. The van der Waals surface area contributed by atoms with Crippen LogP contribution in [0.15, 0.2) is 4.90 Å². The molecule has 0 amide bonds. The van der Waals surface area contributed by atoms with Crippen LogP contribution >= 0.6 is 0 Å². The van der Waals surface area contributed by atoms with Gasteiger partial charge in [0.15, 0.2) is 0 Å². The molecule has 0 N–H and O–H groups in total. The molecule has 4 rings (SSSR count). The van der Waals surface area contributed by atoms with E-state index in [1.54, 1.807) is 0 Å². The van der Waals surface area contributed by atoms with Crippen molar-refractivity contribution in [3.63, 3.8) is 0 Å². The standard InChI is InChI=1S/C18H25F3N4O3S/c1-11-16(12(2)23-17(22-11)18(19,20)21)29(26,27)25-9-13-7-24(8-14(13)10-25)15-3-5-28-6-4-15/h13-15H,3-10H2,1-2H3/t13-,14-/m0/s1. The van der Waals surface area contributed by atoms with Gasteiger partial charge in [-0.3, -0.25) is 4.90 Å². The molecular formula is C18H25F3N4O3S. The minimum atomic E-state index is -4.71. The number of aromatic nitrogens is 2. The van der Waals surface area contributed by atoms with Crippen molar-refractivity contribution < 1.29 is 26.3 Å². The summed E-state index contributed by atoms with van der Waals surface area (Å²) in [6.07, 6.45) is -2.71. The summed E-state index contributed by atoms with van der Waals surface area (Å²) in [5.74, 6) is -0.830. The van der Waals surface area contributed by atoms with Crippen LogP contribution in [0.25, 0.3) is 0 Å². The van der Waals surface area contributed by atoms with E-state index in [0.29, 0.717) is 19.1 Å². The van der Waals surface area contributed by atoms with E-state index in [-0.39, 0.29) is 28.1 Å². The van der Waals surface area contributed by atoms with Crippen LogP contribution in [0, 0.1) is 25.7 Å². The van der Waals surface area contributed by atoms with Crippen LogP contribution in [-0.2, 0) is 20.9 Å². The third-order valence-electron chi connectivity index (χ3n) is 6.24. The zero-order chi connectivity index (χ0) is 21.0. The summed E-state index contributed by atoms with van der Waals surface area (Å²) < 4.78 is 72.0. The molecule has 0 spiro atoms. The van der Waals surface area contributed by atoms with Gasteiger partial charge in [0, 0.05) is 45.4 Å². The number of hydrogen-bond donors (Lipinski definition) is 0. The number of sulfonamides is 1. The second-order valence-corrected chi connectivity index (χ2v) is 10.1. The maximum atomic E-state index is 13.2. The minimum Gasteiger partial charge on any atom is -0.381 e. The molecule has 3 fully saturated rings. The Morgan fingerprint density at radius 1 is 0.966 bits per heavy atom. The second-order valence-electron chi connectivity index (χ2n) is 8.18. The summed E-state index contributed by atoms with van der Waals surface area (Å²) >= 11 is 0. The van der Waals surface area contributed by atoms with Crippen molar-refractivity contribution in [1.82, 2.24) is 19.2 Å². The lowest BCUT2D eigenvalue weighted by molar-refractivity contribution is -0.145. The fraction of sp³-hybridized carbons (Fsp3) is 0.778. The van der Waals surface area contributed by atoms with E-state index in [1.807, 2.05) is 0 Å². The Labute approximate surface area is 168 Å². The van der Waals surface area contributed by atoms with Gasteiger partial charge >= 0.3 is 6.18 Å². The second kappa shape index (κ2) is 7.44. The quantitative estimate of drug-likeness (QED) is 0.723. The van der Waals surface area contributed by atoms with Crippen LogP contribution in [-0.4, -0.2) is 73.0 Å². The summed E-state index contributed by atoms with van der Waals surface area (Å²) in [6, 6.07) is 0.493. The molecule has 3 aliphatic rings. The lowest BCUT2D eigenvalue weighted by Crippen LogP contribution is -2.40. The molecule has 11 heteroatoms. The first kappa shape index (κ1) is 21.0. The molecular weight excluding hydrogens is 409 g/mol. The van der Waals surface area contributed by atoms with Crippen molar-refractivity contribution in [1.29, 1.82) is 0 Å². The highest BCUT2D eigenvalue weighted by Gasteiger charge is 2.47. The number of rotatable bonds is 3. The van der Waals surface area contributed by atoms with Crippen LogP contribution in [0.4, 0.5) is 13.2 Å². The Kier molecular flexibility index (Phi) is 5.37. The van der Waals surface area contributed by atoms with Gasteiger partial charge in [-0.2, -0.15) is 17.5 Å². The number of halogens is 3. The minimum absolute atomic E-state index is 0.161. The third-order valence-corrected chi connectivity index (χ3v) is 8.33. The van der Waals surface area contributed by atoms with Crippen molar-refractivity contribution in [3.05, 3.63) is 17.2 Å². The van der Waals surface area contributed by atoms with Gasteiger partial charge in [0.1, 0.15) is 4.90 Å². The average molecular weight is 434 g/mol. The molecule has 2 atom stereocenters. The monoisotopic (exact) mass is 434 g/mol. The number of nitrogens with zero attached hydrogens (tertiary/aromatic N) is 4. The van der Waals surface area contributed by atoms with Gasteiger partial charge in [0.05, 0.1) is 11.4 Å².